The van der Waals surface area contributed by atoms with Crippen molar-refractivity contribution in [2.24, 2.45) is 11.7 Å². The fourth-order valence-corrected chi connectivity index (χ4v) is 2.70. The summed E-state index contributed by atoms with van der Waals surface area (Å²) in [5, 5.41) is 0.659. The zero-order valence-corrected chi connectivity index (χ0v) is 11.9. The summed E-state index contributed by atoms with van der Waals surface area (Å²) in [5.41, 5.74) is 7.43. The van der Waals surface area contributed by atoms with E-state index in [2.05, 4.69) is 15.9 Å². The second-order valence-electron chi connectivity index (χ2n) is 4.32. The smallest absolute Gasteiger partial charge is 0.227 e. The summed E-state index contributed by atoms with van der Waals surface area (Å²) >= 11 is 9.54. The minimum atomic E-state index is 0.127. The van der Waals surface area contributed by atoms with Crippen LogP contribution in [0.25, 0.3) is 0 Å². The topological polar surface area (TPSA) is 46.3 Å². The Morgan fingerprint density at radius 3 is 2.88 bits per heavy atom. The SMILES string of the molecule is Cc1c(N2CC(CN)CC2=O)ccc(Br)c1Cl. The maximum Gasteiger partial charge on any atom is 0.227 e. The molecule has 0 aromatic heterocycles. The van der Waals surface area contributed by atoms with Gasteiger partial charge in [0.2, 0.25) is 5.91 Å². The molecule has 0 saturated carbocycles. The third-order valence-electron chi connectivity index (χ3n) is 3.14. The predicted molar refractivity (Wildman–Crippen MR) is 73.4 cm³/mol. The van der Waals surface area contributed by atoms with Gasteiger partial charge in [-0.25, -0.2) is 0 Å². The molecule has 1 atom stereocenters. The first kappa shape index (κ1) is 12.9. The Morgan fingerprint density at radius 1 is 1.59 bits per heavy atom. The van der Waals surface area contributed by atoms with Crippen molar-refractivity contribution in [1.82, 2.24) is 0 Å². The van der Waals surface area contributed by atoms with Crippen LogP contribution in [0.2, 0.25) is 5.02 Å². The second-order valence-corrected chi connectivity index (χ2v) is 5.55. The second kappa shape index (κ2) is 4.96. The van der Waals surface area contributed by atoms with E-state index in [0.29, 0.717) is 24.5 Å². The predicted octanol–water partition coefficient (Wildman–Crippen LogP) is 2.72. The number of amides is 1. The Balaban J connectivity index is 2.35. The molecule has 2 rings (SSSR count). The quantitative estimate of drug-likeness (QED) is 0.911. The Kier molecular flexibility index (Phi) is 3.76. The lowest BCUT2D eigenvalue weighted by Gasteiger charge is -2.20. The van der Waals surface area contributed by atoms with Crippen LogP contribution < -0.4 is 10.6 Å². The van der Waals surface area contributed by atoms with Gasteiger partial charge in [-0.2, -0.15) is 0 Å². The third-order valence-corrected chi connectivity index (χ3v) is 4.52. The molecule has 5 heteroatoms. The average molecular weight is 318 g/mol. The van der Waals surface area contributed by atoms with Crippen LogP contribution >= 0.6 is 27.5 Å². The van der Waals surface area contributed by atoms with Crippen molar-refractivity contribution in [2.75, 3.05) is 18.0 Å². The molecule has 1 heterocycles. The molecular weight excluding hydrogens is 304 g/mol. The summed E-state index contributed by atoms with van der Waals surface area (Å²) in [6.07, 6.45) is 0.531. The summed E-state index contributed by atoms with van der Waals surface area (Å²) in [6, 6.07) is 3.79. The number of halogens is 2. The van der Waals surface area contributed by atoms with Crippen LogP contribution in [0.4, 0.5) is 5.69 Å². The fraction of sp³-hybridized carbons (Fsp3) is 0.417. The summed E-state index contributed by atoms with van der Waals surface area (Å²) in [5.74, 6) is 0.381. The minimum Gasteiger partial charge on any atom is -0.330 e. The van der Waals surface area contributed by atoms with Crippen LogP contribution in [0.3, 0.4) is 0 Å². The van der Waals surface area contributed by atoms with E-state index in [1.54, 1.807) is 4.90 Å². The number of hydrogen-bond acceptors (Lipinski definition) is 2. The maximum absolute atomic E-state index is 11.9. The summed E-state index contributed by atoms with van der Waals surface area (Å²) in [4.78, 5) is 13.7. The number of carbonyl (C=O) groups excluding carboxylic acids is 1. The fourth-order valence-electron chi connectivity index (χ4n) is 2.11. The summed E-state index contributed by atoms with van der Waals surface area (Å²) in [6.45, 7) is 3.16. The molecule has 0 radical (unpaired) electrons. The Labute approximate surface area is 114 Å². The van der Waals surface area contributed by atoms with Crippen LogP contribution in [0.5, 0.6) is 0 Å². The molecule has 1 fully saturated rings. The number of nitrogens with two attached hydrogens (primary N) is 1. The molecule has 0 spiro atoms. The van der Waals surface area contributed by atoms with Gasteiger partial charge in [0.1, 0.15) is 0 Å². The first-order valence-corrected chi connectivity index (χ1v) is 6.66. The van der Waals surface area contributed by atoms with Gasteiger partial charge in [0.05, 0.1) is 5.02 Å². The molecule has 1 aliphatic rings. The van der Waals surface area contributed by atoms with Crippen molar-refractivity contribution in [3.8, 4) is 0 Å². The molecule has 1 aromatic carbocycles. The van der Waals surface area contributed by atoms with Crippen molar-refractivity contribution in [3.63, 3.8) is 0 Å². The average Bonchev–Trinajstić information content (AvgIpc) is 2.68. The van der Waals surface area contributed by atoms with Gasteiger partial charge in [-0.1, -0.05) is 11.6 Å². The van der Waals surface area contributed by atoms with Crippen LogP contribution in [-0.2, 0) is 4.79 Å². The van der Waals surface area contributed by atoms with Gasteiger partial charge in [-0.05, 0) is 53.0 Å². The Hall–Kier alpha value is -0.580. The van der Waals surface area contributed by atoms with Crippen LogP contribution in [0.1, 0.15) is 12.0 Å². The van der Waals surface area contributed by atoms with Gasteiger partial charge >= 0.3 is 0 Å². The van der Waals surface area contributed by atoms with E-state index in [-0.39, 0.29) is 11.8 Å². The number of benzene rings is 1. The van der Waals surface area contributed by atoms with Crippen molar-refractivity contribution in [2.45, 2.75) is 13.3 Å². The molecule has 1 aliphatic heterocycles. The van der Waals surface area contributed by atoms with E-state index >= 15 is 0 Å². The highest BCUT2D eigenvalue weighted by Gasteiger charge is 2.30. The van der Waals surface area contributed by atoms with Gasteiger partial charge in [0.25, 0.3) is 0 Å². The molecule has 1 amide bonds. The Bertz CT molecular complexity index is 464. The standard InChI is InChI=1S/C12H14BrClN2O/c1-7-10(3-2-9(13)12(7)14)16-6-8(5-15)4-11(16)17/h2-3,8H,4-6,15H2,1H3. The largest absolute Gasteiger partial charge is 0.330 e. The highest BCUT2D eigenvalue weighted by atomic mass is 79.9. The zero-order valence-electron chi connectivity index (χ0n) is 9.54. The molecule has 1 aromatic rings. The van der Waals surface area contributed by atoms with Crippen LogP contribution in [0, 0.1) is 12.8 Å². The number of anilines is 1. The maximum atomic E-state index is 11.9. The van der Waals surface area contributed by atoms with Crippen molar-refractivity contribution >= 4 is 39.1 Å². The molecule has 1 saturated heterocycles. The highest BCUT2D eigenvalue weighted by molar-refractivity contribution is 9.10. The third kappa shape index (κ3) is 2.34. The highest BCUT2D eigenvalue weighted by Crippen LogP contribution is 2.35. The number of carbonyl (C=O) groups is 1. The van der Waals surface area contributed by atoms with Gasteiger partial charge in [0.15, 0.2) is 0 Å². The van der Waals surface area contributed by atoms with Crippen LogP contribution in [-0.4, -0.2) is 19.0 Å². The summed E-state index contributed by atoms with van der Waals surface area (Å²) in [7, 11) is 0. The lowest BCUT2D eigenvalue weighted by molar-refractivity contribution is -0.117. The molecule has 0 bridgehead atoms. The zero-order chi connectivity index (χ0) is 12.6. The molecule has 0 aliphatic carbocycles. The first-order valence-electron chi connectivity index (χ1n) is 5.49. The van der Waals surface area contributed by atoms with Gasteiger partial charge in [-0.3, -0.25) is 4.79 Å². The van der Waals surface area contributed by atoms with Crippen molar-refractivity contribution < 1.29 is 4.79 Å². The first-order chi connectivity index (χ1) is 8.04. The van der Waals surface area contributed by atoms with Crippen molar-refractivity contribution in [3.05, 3.63) is 27.2 Å². The van der Waals surface area contributed by atoms with Crippen LogP contribution in [0.15, 0.2) is 16.6 Å². The molecule has 1 unspecified atom stereocenters. The van der Waals surface area contributed by atoms with Gasteiger partial charge in [0, 0.05) is 23.1 Å². The van der Waals surface area contributed by atoms with E-state index in [1.807, 2.05) is 19.1 Å². The Morgan fingerprint density at radius 2 is 2.29 bits per heavy atom. The number of nitrogens with zero attached hydrogens (tertiary/aromatic N) is 1. The number of hydrogen-bond donors (Lipinski definition) is 1. The van der Waals surface area contributed by atoms with E-state index in [4.69, 9.17) is 17.3 Å². The normalized spacial score (nSPS) is 20.1. The van der Waals surface area contributed by atoms with E-state index in [9.17, 15) is 4.79 Å². The van der Waals surface area contributed by atoms with E-state index in [0.717, 1.165) is 15.7 Å². The molecular formula is C12H14BrClN2O. The molecule has 3 nitrogen and oxygen atoms in total. The van der Waals surface area contributed by atoms with E-state index in [1.165, 1.54) is 0 Å². The van der Waals surface area contributed by atoms with Gasteiger partial charge < -0.3 is 10.6 Å². The molecule has 17 heavy (non-hydrogen) atoms. The lowest BCUT2D eigenvalue weighted by Crippen LogP contribution is -2.26. The number of rotatable bonds is 2. The lowest BCUT2D eigenvalue weighted by atomic mass is 10.1. The van der Waals surface area contributed by atoms with E-state index < -0.39 is 0 Å². The molecule has 92 valence electrons. The van der Waals surface area contributed by atoms with Gasteiger partial charge in [-0.15, -0.1) is 0 Å². The molecule has 2 N–H and O–H groups in total. The summed E-state index contributed by atoms with van der Waals surface area (Å²) < 4.78 is 0.849. The monoisotopic (exact) mass is 316 g/mol. The van der Waals surface area contributed by atoms with Crippen molar-refractivity contribution in [1.29, 1.82) is 0 Å². The minimum absolute atomic E-state index is 0.127.